The van der Waals surface area contributed by atoms with Crippen LogP contribution in [0.25, 0.3) is 17.1 Å². The van der Waals surface area contributed by atoms with Crippen molar-refractivity contribution in [3.05, 3.63) is 92.1 Å². The van der Waals surface area contributed by atoms with Crippen molar-refractivity contribution in [2.45, 2.75) is 0 Å². The highest BCUT2D eigenvalue weighted by atomic mass is 79.9. The first-order chi connectivity index (χ1) is 14.0. The van der Waals surface area contributed by atoms with Gasteiger partial charge < -0.3 is 5.32 Å². The van der Waals surface area contributed by atoms with E-state index < -0.39 is 0 Å². The summed E-state index contributed by atoms with van der Waals surface area (Å²) in [7, 11) is 0. The van der Waals surface area contributed by atoms with E-state index >= 15 is 0 Å². The SMILES string of the molecule is S=c1nc(-c2ccc(Br)cc2)nc(Nc2ccc(Cl)cc2)n1-c1ccc(Cl)cc1. The smallest absolute Gasteiger partial charge is 0.216 e. The molecule has 0 unspecified atom stereocenters. The molecule has 0 bridgehead atoms. The van der Waals surface area contributed by atoms with E-state index in [9.17, 15) is 0 Å². The van der Waals surface area contributed by atoms with Gasteiger partial charge in [0.15, 0.2) is 5.82 Å². The Bertz CT molecular complexity index is 1210. The Balaban J connectivity index is 1.87. The van der Waals surface area contributed by atoms with Crippen molar-refractivity contribution in [1.29, 1.82) is 0 Å². The zero-order chi connectivity index (χ0) is 20.4. The summed E-state index contributed by atoms with van der Waals surface area (Å²) < 4.78 is 3.12. The molecular formula is C21H13BrCl2N4S. The van der Waals surface area contributed by atoms with Crippen LogP contribution in [0, 0.1) is 4.77 Å². The van der Waals surface area contributed by atoms with Gasteiger partial charge in [-0.2, -0.15) is 9.97 Å². The second-order valence-corrected chi connectivity index (χ2v) is 8.26. The average molecular weight is 504 g/mol. The van der Waals surface area contributed by atoms with Crippen molar-refractivity contribution < 1.29 is 0 Å². The van der Waals surface area contributed by atoms with Gasteiger partial charge in [0.2, 0.25) is 10.7 Å². The van der Waals surface area contributed by atoms with E-state index in [0.717, 1.165) is 21.4 Å². The lowest BCUT2D eigenvalue weighted by atomic mass is 10.2. The van der Waals surface area contributed by atoms with Gasteiger partial charge in [-0.05, 0) is 72.9 Å². The van der Waals surface area contributed by atoms with Crippen LogP contribution < -0.4 is 5.32 Å². The quantitative estimate of drug-likeness (QED) is 0.293. The number of hydrogen-bond acceptors (Lipinski definition) is 4. The Kier molecular flexibility index (Phi) is 5.96. The van der Waals surface area contributed by atoms with Crippen LogP contribution in [0.4, 0.5) is 11.6 Å². The minimum absolute atomic E-state index is 0.372. The molecule has 144 valence electrons. The average Bonchev–Trinajstić information content (AvgIpc) is 2.71. The van der Waals surface area contributed by atoms with Crippen LogP contribution >= 0.6 is 51.3 Å². The Morgan fingerprint density at radius 3 is 2.00 bits per heavy atom. The highest BCUT2D eigenvalue weighted by Crippen LogP contribution is 2.25. The Labute approximate surface area is 191 Å². The van der Waals surface area contributed by atoms with Crippen LogP contribution in [0.5, 0.6) is 0 Å². The largest absolute Gasteiger partial charge is 0.325 e. The van der Waals surface area contributed by atoms with Crippen LogP contribution in [0.3, 0.4) is 0 Å². The zero-order valence-corrected chi connectivity index (χ0v) is 18.7. The van der Waals surface area contributed by atoms with Crippen LogP contribution in [0.2, 0.25) is 10.0 Å². The Morgan fingerprint density at radius 1 is 0.793 bits per heavy atom. The van der Waals surface area contributed by atoms with Crippen LogP contribution in [-0.4, -0.2) is 14.5 Å². The van der Waals surface area contributed by atoms with E-state index in [4.69, 9.17) is 40.4 Å². The van der Waals surface area contributed by atoms with Gasteiger partial charge in [0.25, 0.3) is 0 Å². The molecule has 29 heavy (non-hydrogen) atoms. The third kappa shape index (κ3) is 4.67. The first-order valence-electron chi connectivity index (χ1n) is 8.55. The molecule has 0 amide bonds. The van der Waals surface area contributed by atoms with Crippen molar-refractivity contribution in [3.8, 4) is 17.1 Å². The molecule has 0 saturated carbocycles. The number of rotatable bonds is 4. The fourth-order valence-corrected chi connectivity index (χ4v) is 3.50. The third-order valence-electron chi connectivity index (χ3n) is 4.10. The number of benzene rings is 3. The summed E-state index contributed by atoms with van der Waals surface area (Å²) in [5.41, 5.74) is 2.49. The number of anilines is 2. The third-order valence-corrected chi connectivity index (χ3v) is 5.41. The molecule has 0 fully saturated rings. The van der Waals surface area contributed by atoms with E-state index in [0.29, 0.717) is 26.6 Å². The van der Waals surface area contributed by atoms with Gasteiger partial charge in [-0.15, -0.1) is 0 Å². The predicted octanol–water partition coefficient (Wildman–Crippen LogP) is 7.48. The number of halogens is 3. The molecule has 0 aliphatic heterocycles. The Morgan fingerprint density at radius 2 is 1.38 bits per heavy atom. The number of nitrogens with one attached hydrogen (secondary N) is 1. The van der Waals surface area contributed by atoms with Crippen LogP contribution in [0.1, 0.15) is 0 Å². The first-order valence-corrected chi connectivity index (χ1v) is 10.5. The van der Waals surface area contributed by atoms with Gasteiger partial charge in [0.05, 0.1) is 5.69 Å². The monoisotopic (exact) mass is 502 g/mol. The second-order valence-electron chi connectivity index (χ2n) is 6.10. The van der Waals surface area contributed by atoms with E-state index in [2.05, 4.69) is 26.2 Å². The maximum atomic E-state index is 6.04. The lowest BCUT2D eigenvalue weighted by Gasteiger charge is -2.16. The zero-order valence-electron chi connectivity index (χ0n) is 14.8. The molecule has 0 atom stereocenters. The fourth-order valence-electron chi connectivity index (χ4n) is 2.70. The molecule has 1 aromatic heterocycles. The van der Waals surface area contributed by atoms with E-state index in [1.807, 2.05) is 60.7 Å². The summed E-state index contributed by atoms with van der Waals surface area (Å²) in [6.45, 7) is 0. The molecule has 3 aromatic carbocycles. The molecule has 1 N–H and O–H groups in total. The van der Waals surface area contributed by atoms with Crippen molar-refractivity contribution in [3.63, 3.8) is 0 Å². The lowest BCUT2D eigenvalue weighted by Crippen LogP contribution is -2.10. The summed E-state index contributed by atoms with van der Waals surface area (Å²) in [5.74, 6) is 1.07. The van der Waals surface area contributed by atoms with Crippen molar-refractivity contribution in [2.75, 3.05) is 5.32 Å². The maximum absolute atomic E-state index is 6.04. The molecular weight excluding hydrogens is 491 g/mol. The van der Waals surface area contributed by atoms with Gasteiger partial charge in [0.1, 0.15) is 0 Å². The summed E-state index contributed by atoms with van der Waals surface area (Å²) in [5, 5.41) is 4.61. The van der Waals surface area contributed by atoms with Gasteiger partial charge in [-0.3, -0.25) is 4.57 Å². The van der Waals surface area contributed by atoms with Crippen LogP contribution in [0.15, 0.2) is 77.3 Å². The maximum Gasteiger partial charge on any atom is 0.216 e. The number of hydrogen-bond donors (Lipinski definition) is 1. The van der Waals surface area contributed by atoms with Crippen molar-refractivity contribution in [1.82, 2.24) is 14.5 Å². The fraction of sp³-hybridized carbons (Fsp3) is 0. The van der Waals surface area contributed by atoms with Gasteiger partial charge >= 0.3 is 0 Å². The van der Waals surface area contributed by atoms with Crippen molar-refractivity contribution in [2.24, 2.45) is 0 Å². The van der Waals surface area contributed by atoms with Gasteiger partial charge in [-0.1, -0.05) is 51.3 Å². The first kappa shape index (κ1) is 20.0. The van der Waals surface area contributed by atoms with E-state index in [1.54, 1.807) is 16.7 Å². The summed E-state index contributed by atoms with van der Waals surface area (Å²) in [4.78, 5) is 9.29. The summed E-state index contributed by atoms with van der Waals surface area (Å²) in [6, 6.07) is 22.5. The second kappa shape index (κ2) is 8.63. The molecule has 8 heteroatoms. The minimum Gasteiger partial charge on any atom is -0.325 e. The van der Waals surface area contributed by atoms with E-state index in [1.165, 1.54) is 0 Å². The Hall–Kier alpha value is -2.25. The van der Waals surface area contributed by atoms with Gasteiger partial charge in [0, 0.05) is 25.8 Å². The van der Waals surface area contributed by atoms with Crippen molar-refractivity contribution >= 4 is 63.0 Å². The van der Waals surface area contributed by atoms with Crippen LogP contribution in [-0.2, 0) is 0 Å². The minimum atomic E-state index is 0.372. The molecule has 0 aliphatic carbocycles. The predicted molar refractivity (Wildman–Crippen MR) is 125 cm³/mol. The van der Waals surface area contributed by atoms with E-state index in [-0.39, 0.29) is 0 Å². The summed E-state index contributed by atoms with van der Waals surface area (Å²) in [6.07, 6.45) is 0. The molecule has 0 radical (unpaired) electrons. The molecule has 0 saturated heterocycles. The molecule has 4 rings (SSSR count). The standard InChI is InChI=1S/C21H13BrCl2N4S/c22-14-3-1-13(2-4-14)19-26-20(25-17-9-5-15(23)6-10-17)28(21(29)27-19)18-11-7-16(24)8-12-18/h1-12H,(H,25,26,27,29). The molecule has 4 aromatic rings. The normalized spacial score (nSPS) is 10.7. The molecule has 1 heterocycles. The van der Waals surface area contributed by atoms with Gasteiger partial charge in [-0.25, -0.2) is 0 Å². The molecule has 0 spiro atoms. The highest BCUT2D eigenvalue weighted by molar-refractivity contribution is 9.10. The number of nitrogens with zero attached hydrogens (tertiary/aromatic N) is 3. The lowest BCUT2D eigenvalue weighted by molar-refractivity contribution is 0.911. The number of aromatic nitrogens is 3. The topological polar surface area (TPSA) is 42.7 Å². The molecule has 4 nitrogen and oxygen atoms in total. The summed E-state index contributed by atoms with van der Waals surface area (Å²) >= 11 is 21.1. The highest BCUT2D eigenvalue weighted by Gasteiger charge is 2.12. The molecule has 0 aliphatic rings.